The molecule has 0 bridgehead atoms. The smallest absolute Gasteiger partial charge is 0.303 e. The van der Waals surface area contributed by atoms with Gasteiger partial charge in [-0.1, -0.05) is 18.2 Å². The molecule has 0 radical (unpaired) electrons. The predicted molar refractivity (Wildman–Crippen MR) is 73.8 cm³/mol. The average molecular weight is 277 g/mol. The van der Waals surface area contributed by atoms with Crippen LogP contribution < -0.4 is 10.1 Å². The van der Waals surface area contributed by atoms with Crippen molar-refractivity contribution in [3.8, 4) is 5.75 Å². The maximum atomic E-state index is 12.2. The molecule has 0 aromatic heterocycles. The van der Waals surface area contributed by atoms with Crippen LogP contribution in [0.1, 0.15) is 37.2 Å². The van der Waals surface area contributed by atoms with E-state index in [1.165, 1.54) is 0 Å². The summed E-state index contributed by atoms with van der Waals surface area (Å²) in [5.41, 5.74) is 0.932. The molecule has 1 aliphatic heterocycles. The van der Waals surface area contributed by atoms with Crippen molar-refractivity contribution in [3.05, 3.63) is 29.8 Å². The van der Waals surface area contributed by atoms with Gasteiger partial charge in [-0.25, -0.2) is 0 Å². The number of aliphatic carboxylic acids is 1. The topological polar surface area (TPSA) is 75.6 Å². The van der Waals surface area contributed by atoms with E-state index >= 15 is 0 Å². The van der Waals surface area contributed by atoms with Crippen LogP contribution in [0.25, 0.3) is 0 Å². The molecule has 0 aliphatic carbocycles. The highest BCUT2D eigenvalue weighted by Crippen LogP contribution is 2.33. The molecule has 1 atom stereocenters. The Bertz CT molecular complexity index is 487. The molecule has 1 heterocycles. The van der Waals surface area contributed by atoms with Crippen LogP contribution in [0.2, 0.25) is 0 Å². The third-order valence-electron chi connectivity index (χ3n) is 3.39. The Labute approximate surface area is 117 Å². The number of carboxylic acids is 1. The molecule has 1 aromatic rings. The predicted octanol–water partition coefficient (Wildman–Crippen LogP) is 1.92. The van der Waals surface area contributed by atoms with Gasteiger partial charge in [0.05, 0.1) is 12.5 Å². The molecule has 108 valence electrons. The monoisotopic (exact) mass is 277 g/mol. The normalized spacial score (nSPS) is 16.9. The number of unbranched alkanes of at least 4 members (excludes halogenated alkanes) is 1. The Hall–Kier alpha value is -2.04. The van der Waals surface area contributed by atoms with Crippen LogP contribution in [0.4, 0.5) is 0 Å². The number of ether oxygens (including phenoxy) is 1. The van der Waals surface area contributed by atoms with Gasteiger partial charge in [-0.05, 0) is 25.3 Å². The fourth-order valence-corrected chi connectivity index (χ4v) is 2.35. The second-order valence-corrected chi connectivity index (χ2v) is 4.87. The number of para-hydroxylation sites is 1. The molecule has 2 rings (SSSR count). The van der Waals surface area contributed by atoms with Crippen molar-refractivity contribution in [2.75, 3.05) is 13.2 Å². The minimum atomic E-state index is -0.797. The minimum absolute atomic E-state index is 0.00363. The second kappa shape index (κ2) is 6.93. The van der Waals surface area contributed by atoms with Crippen LogP contribution in [-0.2, 0) is 9.59 Å². The summed E-state index contributed by atoms with van der Waals surface area (Å²) in [6.07, 6.45) is 2.09. The first-order valence-electron chi connectivity index (χ1n) is 6.89. The summed E-state index contributed by atoms with van der Waals surface area (Å²) in [7, 11) is 0. The van der Waals surface area contributed by atoms with E-state index in [-0.39, 0.29) is 18.2 Å². The molecule has 0 fully saturated rings. The van der Waals surface area contributed by atoms with E-state index in [4.69, 9.17) is 9.84 Å². The van der Waals surface area contributed by atoms with Crippen molar-refractivity contribution in [2.24, 2.45) is 0 Å². The van der Waals surface area contributed by atoms with Crippen LogP contribution in [0.5, 0.6) is 5.75 Å². The molecule has 0 saturated heterocycles. The van der Waals surface area contributed by atoms with Crippen molar-refractivity contribution >= 4 is 11.9 Å². The number of rotatable bonds is 6. The van der Waals surface area contributed by atoms with Gasteiger partial charge in [-0.15, -0.1) is 0 Å². The number of hydrogen-bond acceptors (Lipinski definition) is 3. The number of benzene rings is 1. The van der Waals surface area contributed by atoms with E-state index in [1.54, 1.807) is 0 Å². The van der Waals surface area contributed by atoms with Crippen LogP contribution >= 0.6 is 0 Å². The molecule has 1 amide bonds. The fourth-order valence-electron chi connectivity index (χ4n) is 2.35. The van der Waals surface area contributed by atoms with E-state index in [0.29, 0.717) is 32.4 Å². The van der Waals surface area contributed by atoms with Gasteiger partial charge >= 0.3 is 5.97 Å². The van der Waals surface area contributed by atoms with Crippen LogP contribution in [0.15, 0.2) is 24.3 Å². The molecule has 5 nitrogen and oxygen atoms in total. The van der Waals surface area contributed by atoms with E-state index in [2.05, 4.69) is 5.32 Å². The lowest BCUT2D eigenvalue weighted by molar-refractivity contribution is -0.137. The maximum absolute atomic E-state index is 12.2. The number of hydrogen-bond donors (Lipinski definition) is 2. The van der Waals surface area contributed by atoms with Crippen molar-refractivity contribution in [3.63, 3.8) is 0 Å². The highest BCUT2D eigenvalue weighted by Gasteiger charge is 2.26. The molecule has 0 saturated carbocycles. The summed E-state index contributed by atoms with van der Waals surface area (Å²) in [5, 5.41) is 11.4. The highest BCUT2D eigenvalue weighted by atomic mass is 16.5. The van der Waals surface area contributed by atoms with E-state index in [9.17, 15) is 9.59 Å². The van der Waals surface area contributed by atoms with Gasteiger partial charge in [0.15, 0.2) is 0 Å². The summed E-state index contributed by atoms with van der Waals surface area (Å²) in [6, 6.07) is 7.59. The molecular weight excluding hydrogens is 258 g/mol. The standard InChI is InChI=1S/C15H19NO4/c17-14(18)7-3-4-9-16-15(19)12-8-10-20-13-6-2-1-5-11(12)13/h1-2,5-6,12H,3-4,7-10H2,(H,16,19)(H,17,18). The van der Waals surface area contributed by atoms with Gasteiger partial charge < -0.3 is 15.2 Å². The number of nitrogens with one attached hydrogen (secondary N) is 1. The third-order valence-corrected chi connectivity index (χ3v) is 3.39. The molecule has 2 N–H and O–H groups in total. The zero-order chi connectivity index (χ0) is 14.4. The first-order valence-corrected chi connectivity index (χ1v) is 6.89. The SMILES string of the molecule is O=C(O)CCCCNC(=O)C1CCOc2ccccc21. The quantitative estimate of drug-likeness (QED) is 0.779. The lowest BCUT2D eigenvalue weighted by Gasteiger charge is -2.25. The number of fused-ring (bicyclic) bond motifs is 1. The molecule has 5 heteroatoms. The van der Waals surface area contributed by atoms with E-state index < -0.39 is 5.97 Å². The lowest BCUT2D eigenvalue weighted by Crippen LogP contribution is -2.33. The summed E-state index contributed by atoms with van der Waals surface area (Å²) in [5.74, 6) is -0.185. The lowest BCUT2D eigenvalue weighted by atomic mass is 9.92. The Balaban J connectivity index is 1.83. The zero-order valence-electron chi connectivity index (χ0n) is 11.3. The van der Waals surface area contributed by atoms with Gasteiger partial charge in [0.25, 0.3) is 0 Å². The van der Waals surface area contributed by atoms with Gasteiger partial charge in [0.2, 0.25) is 5.91 Å². The van der Waals surface area contributed by atoms with Crippen molar-refractivity contribution in [2.45, 2.75) is 31.6 Å². The molecule has 1 unspecified atom stereocenters. The molecule has 1 aromatic carbocycles. The maximum Gasteiger partial charge on any atom is 0.303 e. The summed E-state index contributed by atoms with van der Waals surface area (Å²) < 4.78 is 5.53. The van der Waals surface area contributed by atoms with Gasteiger partial charge in [0, 0.05) is 18.5 Å². The number of carboxylic acid groups (broad SMARTS) is 1. The van der Waals surface area contributed by atoms with Gasteiger partial charge in [-0.2, -0.15) is 0 Å². The van der Waals surface area contributed by atoms with E-state index in [0.717, 1.165) is 11.3 Å². The van der Waals surface area contributed by atoms with Crippen LogP contribution in [0.3, 0.4) is 0 Å². The average Bonchev–Trinajstić information content (AvgIpc) is 2.45. The third kappa shape index (κ3) is 3.73. The molecule has 20 heavy (non-hydrogen) atoms. The van der Waals surface area contributed by atoms with E-state index in [1.807, 2.05) is 24.3 Å². The first kappa shape index (κ1) is 14.4. The number of carbonyl (C=O) groups excluding carboxylic acids is 1. The van der Waals surface area contributed by atoms with Crippen molar-refractivity contribution < 1.29 is 19.4 Å². The second-order valence-electron chi connectivity index (χ2n) is 4.87. The Morgan fingerprint density at radius 3 is 2.90 bits per heavy atom. The Morgan fingerprint density at radius 1 is 1.30 bits per heavy atom. The van der Waals surface area contributed by atoms with Crippen molar-refractivity contribution in [1.82, 2.24) is 5.32 Å². The molecule has 0 spiro atoms. The highest BCUT2D eigenvalue weighted by molar-refractivity contribution is 5.84. The number of carbonyl (C=O) groups is 2. The van der Waals surface area contributed by atoms with Crippen molar-refractivity contribution in [1.29, 1.82) is 0 Å². The van der Waals surface area contributed by atoms with Gasteiger partial charge in [0.1, 0.15) is 5.75 Å². The Kier molecular flexibility index (Phi) is 4.98. The summed E-state index contributed by atoms with van der Waals surface area (Å²) in [4.78, 5) is 22.6. The summed E-state index contributed by atoms with van der Waals surface area (Å²) in [6.45, 7) is 1.07. The summed E-state index contributed by atoms with van der Waals surface area (Å²) >= 11 is 0. The number of amides is 1. The van der Waals surface area contributed by atoms with Crippen LogP contribution in [-0.4, -0.2) is 30.1 Å². The zero-order valence-corrected chi connectivity index (χ0v) is 11.3. The minimum Gasteiger partial charge on any atom is -0.493 e. The van der Waals surface area contributed by atoms with Gasteiger partial charge in [-0.3, -0.25) is 9.59 Å². The largest absolute Gasteiger partial charge is 0.493 e. The van der Waals surface area contributed by atoms with Crippen LogP contribution in [0, 0.1) is 0 Å². The molecular formula is C15H19NO4. The Morgan fingerprint density at radius 2 is 2.10 bits per heavy atom. The molecule has 1 aliphatic rings. The first-order chi connectivity index (χ1) is 9.68. The fraction of sp³-hybridized carbons (Fsp3) is 0.467.